The number of benzene rings is 1. The van der Waals surface area contributed by atoms with E-state index in [1.54, 1.807) is 6.07 Å². The molecule has 4 heteroatoms. The second-order valence-electron chi connectivity index (χ2n) is 4.62. The zero-order chi connectivity index (χ0) is 13.0. The number of methoxy groups -OCH3 is 1. The lowest BCUT2D eigenvalue weighted by molar-refractivity contribution is -0.0188. The summed E-state index contributed by atoms with van der Waals surface area (Å²) in [5, 5.41) is 3.30. The van der Waals surface area contributed by atoms with E-state index in [9.17, 15) is 4.39 Å². The molecule has 1 heterocycles. The highest BCUT2D eigenvalue weighted by Crippen LogP contribution is 2.26. The summed E-state index contributed by atoms with van der Waals surface area (Å²) in [4.78, 5) is 0. The standard InChI is InChI=1S/C14H20FNO2/c1-10(18-12-5-7-16-8-6-12)11-3-4-14(17-2)13(15)9-11/h3-4,9-10,12,16H,5-8H2,1-2H3. The summed E-state index contributed by atoms with van der Waals surface area (Å²) in [6.45, 7) is 3.95. The fourth-order valence-electron chi connectivity index (χ4n) is 2.23. The summed E-state index contributed by atoms with van der Waals surface area (Å²) >= 11 is 0. The third-order valence-electron chi connectivity index (χ3n) is 3.33. The van der Waals surface area contributed by atoms with Crippen LogP contribution >= 0.6 is 0 Å². The first-order valence-corrected chi connectivity index (χ1v) is 6.40. The molecule has 0 saturated carbocycles. The zero-order valence-electron chi connectivity index (χ0n) is 10.9. The van der Waals surface area contributed by atoms with E-state index in [0.29, 0.717) is 0 Å². The summed E-state index contributed by atoms with van der Waals surface area (Å²) in [7, 11) is 1.47. The Hall–Kier alpha value is -1.13. The molecule has 3 nitrogen and oxygen atoms in total. The lowest BCUT2D eigenvalue weighted by Crippen LogP contribution is -2.33. The number of rotatable bonds is 4. The molecular weight excluding hydrogens is 233 g/mol. The van der Waals surface area contributed by atoms with Crippen LogP contribution in [0.3, 0.4) is 0 Å². The molecule has 0 aliphatic carbocycles. The van der Waals surface area contributed by atoms with Gasteiger partial charge in [0.05, 0.1) is 19.3 Å². The van der Waals surface area contributed by atoms with E-state index in [2.05, 4.69) is 5.32 Å². The first-order valence-electron chi connectivity index (χ1n) is 6.40. The number of hydrogen-bond donors (Lipinski definition) is 1. The van der Waals surface area contributed by atoms with E-state index in [1.165, 1.54) is 13.2 Å². The van der Waals surface area contributed by atoms with Gasteiger partial charge in [0.25, 0.3) is 0 Å². The smallest absolute Gasteiger partial charge is 0.165 e. The molecule has 1 N–H and O–H groups in total. The Bertz CT molecular complexity index is 391. The van der Waals surface area contributed by atoms with E-state index in [1.807, 2.05) is 13.0 Å². The van der Waals surface area contributed by atoms with Crippen LogP contribution in [0.1, 0.15) is 31.4 Å². The summed E-state index contributed by atoms with van der Waals surface area (Å²) in [5.41, 5.74) is 0.854. The molecule has 1 saturated heterocycles. The molecule has 0 spiro atoms. The summed E-state index contributed by atoms with van der Waals surface area (Å²) < 4.78 is 24.5. The molecule has 1 unspecified atom stereocenters. The first-order chi connectivity index (χ1) is 8.70. The predicted molar refractivity (Wildman–Crippen MR) is 68.3 cm³/mol. The normalized spacial score (nSPS) is 18.6. The lowest BCUT2D eigenvalue weighted by Gasteiger charge is -2.26. The minimum Gasteiger partial charge on any atom is -0.494 e. The van der Waals surface area contributed by atoms with E-state index < -0.39 is 0 Å². The molecular formula is C14H20FNO2. The third kappa shape index (κ3) is 3.21. The molecule has 1 aromatic rings. The molecule has 1 atom stereocenters. The molecule has 0 aromatic heterocycles. The number of piperidine rings is 1. The third-order valence-corrected chi connectivity index (χ3v) is 3.33. The van der Waals surface area contributed by atoms with Gasteiger partial charge in [-0.05, 0) is 50.6 Å². The van der Waals surface area contributed by atoms with Crippen molar-refractivity contribution in [2.75, 3.05) is 20.2 Å². The fourth-order valence-corrected chi connectivity index (χ4v) is 2.23. The Balaban J connectivity index is 1.99. The van der Waals surface area contributed by atoms with Crippen molar-refractivity contribution < 1.29 is 13.9 Å². The molecule has 1 fully saturated rings. The number of nitrogens with one attached hydrogen (secondary N) is 1. The van der Waals surface area contributed by atoms with Crippen LogP contribution in [-0.4, -0.2) is 26.3 Å². The van der Waals surface area contributed by atoms with Gasteiger partial charge < -0.3 is 14.8 Å². The second kappa shape index (κ2) is 6.16. The van der Waals surface area contributed by atoms with Crippen LogP contribution in [0.2, 0.25) is 0 Å². The molecule has 100 valence electrons. The van der Waals surface area contributed by atoms with Gasteiger partial charge in [-0.2, -0.15) is 0 Å². The Morgan fingerprint density at radius 3 is 2.67 bits per heavy atom. The van der Waals surface area contributed by atoms with Crippen LogP contribution in [0.15, 0.2) is 18.2 Å². The molecule has 0 bridgehead atoms. The van der Waals surface area contributed by atoms with Crippen molar-refractivity contribution >= 4 is 0 Å². The second-order valence-corrected chi connectivity index (χ2v) is 4.62. The van der Waals surface area contributed by atoms with Gasteiger partial charge in [0.1, 0.15) is 0 Å². The maximum atomic E-state index is 13.6. The highest BCUT2D eigenvalue weighted by Gasteiger charge is 2.18. The van der Waals surface area contributed by atoms with E-state index in [4.69, 9.17) is 9.47 Å². The minimum absolute atomic E-state index is 0.0893. The summed E-state index contributed by atoms with van der Waals surface area (Å²) in [6, 6.07) is 4.99. The highest BCUT2D eigenvalue weighted by atomic mass is 19.1. The van der Waals surface area contributed by atoms with Gasteiger partial charge in [-0.15, -0.1) is 0 Å². The highest BCUT2D eigenvalue weighted by molar-refractivity contribution is 5.30. The molecule has 1 aliphatic rings. The predicted octanol–water partition coefficient (Wildman–Crippen LogP) is 2.66. The quantitative estimate of drug-likeness (QED) is 0.895. The maximum absolute atomic E-state index is 13.6. The number of ether oxygens (including phenoxy) is 2. The fraction of sp³-hybridized carbons (Fsp3) is 0.571. The maximum Gasteiger partial charge on any atom is 0.165 e. The van der Waals surface area contributed by atoms with Gasteiger partial charge in [-0.1, -0.05) is 6.07 Å². The van der Waals surface area contributed by atoms with Crippen LogP contribution < -0.4 is 10.1 Å². The molecule has 2 rings (SSSR count). The monoisotopic (exact) mass is 253 g/mol. The van der Waals surface area contributed by atoms with Crippen LogP contribution in [0.4, 0.5) is 4.39 Å². The van der Waals surface area contributed by atoms with E-state index >= 15 is 0 Å². The van der Waals surface area contributed by atoms with Crippen molar-refractivity contribution in [3.8, 4) is 5.75 Å². The Labute approximate surface area is 107 Å². The Morgan fingerprint density at radius 2 is 2.06 bits per heavy atom. The number of hydrogen-bond acceptors (Lipinski definition) is 3. The molecule has 1 aromatic carbocycles. The van der Waals surface area contributed by atoms with Gasteiger partial charge in [-0.25, -0.2) is 4.39 Å². The van der Waals surface area contributed by atoms with Gasteiger partial charge in [0.15, 0.2) is 11.6 Å². The molecule has 0 radical (unpaired) electrons. The van der Waals surface area contributed by atoms with Crippen molar-refractivity contribution in [1.29, 1.82) is 0 Å². The lowest BCUT2D eigenvalue weighted by atomic mass is 10.1. The van der Waals surface area contributed by atoms with Gasteiger partial charge in [0, 0.05) is 0 Å². The first kappa shape index (κ1) is 13.3. The zero-order valence-corrected chi connectivity index (χ0v) is 10.9. The van der Waals surface area contributed by atoms with Crippen molar-refractivity contribution in [3.05, 3.63) is 29.6 Å². The van der Waals surface area contributed by atoms with Crippen LogP contribution in [0.25, 0.3) is 0 Å². The SMILES string of the molecule is COc1ccc(C(C)OC2CCNCC2)cc1F. The van der Waals surface area contributed by atoms with Gasteiger partial charge in [-0.3, -0.25) is 0 Å². The van der Waals surface area contributed by atoms with Crippen LogP contribution in [-0.2, 0) is 4.74 Å². The van der Waals surface area contributed by atoms with Gasteiger partial charge in [0.2, 0.25) is 0 Å². The van der Waals surface area contributed by atoms with Crippen molar-refractivity contribution in [2.24, 2.45) is 0 Å². The van der Waals surface area contributed by atoms with Crippen LogP contribution in [0.5, 0.6) is 5.75 Å². The minimum atomic E-state index is -0.337. The Morgan fingerprint density at radius 1 is 1.33 bits per heavy atom. The molecule has 0 amide bonds. The summed E-state index contributed by atoms with van der Waals surface area (Å²) in [5.74, 6) is -0.0661. The van der Waals surface area contributed by atoms with Crippen LogP contribution in [0, 0.1) is 5.82 Å². The topological polar surface area (TPSA) is 30.5 Å². The van der Waals surface area contributed by atoms with Crippen molar-refractivity contribution in [3.63, 3.8) is 0 Å². The van der Waals surface area contributed by atoms with E-state index in [0.717, 1.165) is 31.5 Å². The van der Waals surface area contributed by atoms with E-state index in [-0.39, 0.29) is 23.8 Å². The molecule has 1 aliphatic heterocycles. The van der Waals surface area contributed by atoms with Crippen molar-refractivity contribution in [1.82, 2.24) is 5.32 Å². The number of halogens is 1. The largest absolute Gasteiger partial charge is 0.494 e. The van der Waals surface area contributed by atoms with Crippen molar-refractivity contribution in [2.45, 2.75) is 32.0 Å². The average molecular weight is 253 g/mol. The summed E-state index contributed by atoms with van der Waals surface area (Å²) in [6.07, 6.45) is 2.21. The molecule has 18 heavy (non-hydrogen) atoms. The average Bonchev–Trinajstić information content (AvgIpc) is 2.39. The van der Waals surface area contributed by atoms with Gasteiger partial charge >= 0.3 is 0 Å². The Kier molecular flexibility index (Phi) is 4.55.